The van der Waals surface area contributed by atoms with Crippen molar-refractivity contribution >= 4 is 11.5 Å². The molecule has 1 aliphatic carbocycles. The second-order valence-electron chi connectivity index (χ2n) is 5.69. The van der Waals surface area contributed by atoms with Gasteiger partial charge < -0.3 is 11.1 Å². The van der Waals surface area contributed by atoms with Gasteiger partial charge in [-0.05, 0) is 24.7 Å². The number of nitrogen functional groups attached to an aromatic ring is 1. The minimum atomic E-state index is -0.431. The predicted molar refractivity (Wildman–Crippen MR) is 76.5 cm³/mol. The van der Waals surface area contributed by atoms with Crippen LogP contribution in [0.3, 0.4) is 0 Å². The van der Waals surface area contributed by atoms with Crippen molar-refractivity contribution in [2.75, 3.05) is 17.6 Å². The third-order valence-electron chi connectivity index (χ3n) is 3.77. The number of anilines is 2. The maximum atomic E-state index is 11.8. The van der Waals surface area contributed by atoms with Crippen LogP contribution in [-0.2, 0) is 6.54 Å². The molecule has 1 saturated carbocycles. The zero-order valence-corrected chi connectivity index (χ0v) is 11.6. The summed E-state index contributed by atoms with van der Waals surface area (Å²) in [7, 11) is 0. The Morgan fingerprint density at radius 3 is 2.68 bits per heavy atom. The second-order valence-corrected chi connectivity index (χ2v) is 5.69. The molecule has 0 saturated heterocycles. The standard InChI is InChI=1S/C13H22N4O2/c1-3-4-7-17-10(14)9(11(18)16-12(17)19)15-8-13(2)5-6-13/h15H,3-8,14H2,1-2H3,(H,16,18,19). The smallest absolute Gasteiger partial charge is 0.330 e. The largest absolute Gasteiger partial charge is 0.383 e. The fraction of sp³-hybridized carbons (Fsp3) is 0.692. The van der Waals surface area contributed by atoms with E-state index in [0.717, 1.165) is 25.7 Å². The maximum Gasteiger partial charge on any atom is 0.330 e. The van der Waals surface area contributed by atoms with Gasteiger partial charge >= 0.3 is 5.69 Å². The average Bonchev–Trinajstić information content (AvgIpc) is 3.07. The van der Waals surface area contributed by atoms with Crippen molar-refractivity contribution in [3.63, 3.8) is 0 Å². The van der Waals surface area contributed by atoms with Crippen molar-refractivity contribution in [1.29, 1.82) is 0 Å². The Balaban J connectivity index is 2.26. The molecular weight excluding hydrogens is 244 g/mol. The van der Waals surface area contributed by atoms with E-state index in [4.69, 9.17) is 5.73 Å². The Morgan fingerprint density at radius 2 is 2.11 bits per heavy atom. The van der Waals surface area contributed by atoms with E-state index in [1.807, 2.05) is 6.92 Å². The van der Waals surface area contributed by atoms with Crippen molar-refractivity contribution in [2.24, 2.45) is 5.41 Å². The molecule has 6 heteroatoms. The summed E-state index contributed by atoms with van der Waals surface area (Å²) in [5.74, 6) is 0.242. The number of hydrogen-bond acceptors (Lipinski definition) is 4. The molecule has 0 radical (unpaired) electrons. The van der Waals surface area contributed by atoms with Crippen molar-refractivity contribution in [3.8, 4) is 0 Å². The molecule has 6 nitrogen and oxygen atoms in total. The normalized spacial score (nSPS) is 16.3. The van der Waals surface area contributed by atoms with Crippen LogP contribution in [0.25, 0.3) is 0 Å². The summed E-state index contributed by atoms with van der Waals surface area (Å²) < 4.78 is 1.43. The fourth-order valence-electron chi connectivity index (χ4n) is 1.99. The number of H-pyrrole nitrogens is 1. The minimum Gasteiger partial charge on any atom is -0.383 e. The number of unbranched alkanes of at least 4 members (excludes halogenated alkanes) is 1. The molecule has 1 aliphatic rings. The van der Waals surface area contributed by atoms with Crippen molar-refractivity contribution in [1.82, 2.24) is 9.55 Å². The highest BCUT2D eigenvalue weighted by atomic mass is 16.2. The lowest BCUT2D eigenvalue weighted by atomic mass is 10.1. The van der Waals surface area contributed by atoms with Gasteiger partial charge in [-0.2, -0.15) is 0 Å². The van der Waals surface area contributed by atoms with Crippen LogP contribution in [-0.4, -0.2) is 16.1 Å². The van der Waals surface area contributed by atoms with Crippen LogP contribution in [0.4, 0.5) is 11.5 Å². The van der Waals surface area contributed by atoms with Crippen LogP contribution in [0.1, 0.15) is 39.5 Å². The second kappa shape index (κ2) is 5.11. The Labute approximate surface area is 112 Å². The van der Waals surface area contributed by atoms with Crippen LogP contribution < -0.4 is 22.3 Å². The summed E-state index contributed by atoms with van der Waals surface area (Å²) in [5.41, 5.74) is 5.68. The lowest BCUT2D eigenvalue weighted by Crippen LogP contribution is -2.34. The van der Waals surface area contributed by atoms with E-state index in [9.17, 15) is 9.59 Å². The number of nitrogens with two attached hydrogens (primary N) is 1. The molecule has 1 aromatic heterocycles. The van der Waals surface area contributed by atoms with Crippen LogP contribution in [0, 0.1) is 5.41 Å². The number of nitrogens with zero attached hydrogens (tertiary/aromatic N) is 1. The van der Waals surface area contributed by atoms with E-state index in [2.05, 4.69) is 17.2 Å². The first-order valence-electron chi connectivity index (χ1n) is 6.83. The molecule has 0 spiro atoms. The summed E-state index contributed by atoms with van der Waals surface area (Å²) in [5, 5.41) is 3.10. The molecule has 106 valence electrons. The number of nitrogens with one attached hydrogen (secondary N) is 2. The van der Waals surface area contributed by atoms with E-state index >= 15 is 0 Å². The van der Waals surface area contributed by atoms with E-state index in [0.29, 0.717) is 18.8 Å². The van der Waals surface area contributed by atoms with Gasteiger partial charge in [0.1, 0.15) is 11.5 Å². The molecular formula is C13H22N4O2. The number of rotatable bonds is 6. The lowest BCUT2D eigenvalue weighted by molar-refractivity contribution is 0.596. The molecule has 2 rings (SSSR count). The molecule has 19 heavy (non-hydrogen) atoms. The molecule has 4 N–H and O–H groups in total. The van der Waals surface area contributed by atoms with Gasteiger partial charge in [0, 0.05) is 13.1 Å². The van der Waals surface area contributed by atoms with Gasteiger partial charge in [-0.1, -0.05) is 20.3 Å². The van der Waals surface area contributed by atoms with Crippen molar-refractivity contribution < 1.29 is 0 Å². The third-order valence-corrected chi connectivity index (χ3v) is 3.77. The first-order valence-corrected chi connectivity index (χ1v) is 6.83. The minimum absolute atomic E-state index is 0.242. The van der Waals surface area contributed by atoms with Crippen molar-refractivity contribution in [2.45, 2.75) is 46.1 Å². The molecule has 1 fully saturated rings. The topological polar surface area (TPSA) is 92.9 Å². The summed E-state index contributed by atoms with van der Waals surface area (Å²) in [6.07, 6.45) is 4.14. The number of aromatic amines is 1. The van der Waals surface area contributed by atoms with Crippen molar-refractivity contribution in [3.05, 3.63) is 20.8 Å². The Morgan fingerprint density at radius 1 is 1.42 bits per heavy atom. The van der Waals surface area contributed by atoms with Gasteiger partial charge in [0.2, 0.25) is 0 Å². The highest BCUT2D eigenvalue weighted by molar-refractivity contribution is 5.60. The van der Waals surface area contributed by atoms with Gasteiger partial charge in [-0.15, -0.1) is 0 Å². The Hall–Kier alpha value is -1.72. The molecule has 0 aromatic carbocycles. The first kappa shape index (κ1) is 13.7. The number of aromatic nitrogens is 2. The quantitative estimate of drug-likeness (QED) is 0.719. The summed E-state index contributed by atoms with van der Waals surface area (Å²) >= 11 is 0. The zero-order chi connectivity index (χ0) is 14.0. The third kappa shape index (κ3) is 3.00. The van der Waals surface area contributed by atoms with Crippen LogP contribution in [0.5, 0.6) is 0 Å². The van der Waals surface area contributed by atoms with E-state index in [1.54, 1.807) is 0 Å². The Kier molecular flexibility index (Phi) is 3.68. The highest BCUT2D eigenvalue weighted by Gasteiger charge is 2.37. The zero-order valence-electron chi connectivity index (χ0n) is 11.6. The summed E-state index contributed by atoms with van der Waals surface area (Å²) in [6.45, 7) is 5.45. The number of hydrogen-bond donors (Lipinski definition) is 3. The molecule has 0 amide bonds. The van der Waals surface area contributed by atoms with Crippen LogP contribution >= 0.6 is 0 Å². The van der Waals surface area contributed by atoms with E-state index < -0.39 is 11.2 Å². The summed E-state index contributed by atoms with van der Waals surface area (Å²) in [6, 6.07) is 0. The highest BCUT2D eigenvalue weighted by Crippen LogP contribution is 2.44. The SMILES string of the molecule is CCCCn1c(N)c(NCC2(C)CC2)c(=O)[nH]c1=O. The monoisotopic (exact) mass is 266 g/mol. The van der Waals surface area contributed by atoms with Gasteiger partial charge in [-0.25, -0.2) is 4.79 Å². The van der Waals surface area contributed by atoms with Gasteiger partial charge in [0.05, 0.1) is 0 Å². The molecule has 0 bridgehead atoms. The molecule has 0 atom stereocenters. The molecule has 1 heterocycles. The van der Waals surface area contributed by atoms with Gasteiger partial charge in [0.15, 0.2) is 0 Å². The predicted octanol–water partition coefficient (Wildman–Crippen LogP) is 1.13. The molecule has 0 unspecified atom stereocenters. The Bertz CT molecular complexity index is 569. The van der Waals surface area contributed by atoms with Gasteiger partial charge in [0.25, 0.3) is 5.56 Å². The lowest BCUT2D eigenvalue weighted by Gasteiger charge is -2.15. The van der Waals surface area contributed by atoms with E-state index in [1.165, 1.54) is 4.57 Å². The van der Waals surface area contributed by atoms with Crippen LogP contribution in [0.15, 0.2) is 9.59 Å². The first-order chi connectivity index (χ1) is 8.97. The maximum absolute atomic E-state index is 11.8. The van der Waals surface area contributed by atoms with E-state index in [-0.39, 0.29) is 11.2 Å². The average molecular weight is 266 g/mol. The summed E-state index contributed by atoms with van der Waals surface area (Å²) in [4.78, 5) is 25.9. The fourth-order valence-corrected chi connectivity index (χ4v) is 1.99. The van der Waals surface area contributed by atoms with Gasteiger partial charge in [-0.3, -0.25) is 14.3 Å². The van der Waals surface area contributed by atoms with Crippen LogP contribution in [0.2, 0.25) is 0 Å². The molecule has 1 aromatic rings. The molecule has 0 aliphatic heterocycles.